The zero-order valence-corrected chi connectivity index (χ0v) is 10.2. The number of benzene rings is 1. The molecule has 0 atom stereocenters. The number of carbonyl (C=O) groups is 2. The molecule has 3 nitrogen and oxygen atoms in total. The van der Waals surface area contributed by atoms with Gasteiger partial charge in [-0.05, 0) is 18.2 Å². The minimum atomic E-state index is -4.71. The Morgan fingerprint density at radius 1 is 0.905 bits per heavy atom. The van der Waals surface area contributed by atoms with Crippen molar-refractivity contribution >= 4 is 11.8 Å². The summed E-state index contributed by atoms with van der Waals surface area (Å²) in [6, 6.07) is 1.88. The van der Waals surface area contributed by atoms with Gasteiger partial charge in [0.05, 0.1) is 23.1 Å². The Balaban J connectivity index is 2.30. The lowest BCUT2D eigenvalue weighted by Crippen LogP contribution is -2.33. The highest BCUT2D eigenvalue weighted by molar-refractivity contribution is 6.21. The summed E-state index contributed by atoms with van der Waals surface area (Å²) in [5, 5.41) is 0. The van der Waals surface area contributed by atoms with Crippen LogP contribution in [0.25, 0.3) is 0 Å². The molecule has 2 rings (SSSR count). The van der Waals surface area contributed by atoms with Crippen LogP contribution in [0, 0.1) is 0 Å². The molecule has 0 saturated carbocycles. The fraction of sp³-hybridized carbons (Fsp3) is 0.333. The third-order valence-corrected chi connectivity index (χ3v) is 2.92. The van der Waals surface area contributed by atoms with Gasteiger partial charge in [0.1, 0.15) is 0 Å². The van der Waals surface area contributed by atoms with Gasteiger partial charge in [0.25, 0.3) is 11.8 Å². The molecule has 1 aliphatic rings. The van der Waals surface area contributed by atoms with Gasteiger partial charge in [0, 0.05) is 6.54 Å². The van der Waals surface area contributed by atoms with Crippen molar-refractivity contribution < 1.29 is 35.9 Å². The number of halogens is 6. The molecule has 0 bridgehead atoms. The second-order valence-electron chi connectivity index (χ2n) is 4.39. The molecule has 0 spiro atoms. The first-order valence-electron chi connectivity index (χ1n) is 5.65. The van der Waals surface area contributed by atoms with Gasteiger partial charge in [0.15, 0.2) is 0 Å². The summed E-state index contributed by atoms with van der Waals surface area (Å²) in [6.07, 6.45) is -10.7. The van der Waals surface area contributed by atoms with Crippen LogP contribution < -0.4 is 0 Å². The van der Waals surface area contributed by atoms with Crippen LogP contribution >= 0.6 is 0 Å². The van der Waals surface area contributed by atoms with Crippen molar-refractivity contribution in [3.63, 3.8) is 0 Å². The SMILES string of the molecule is O=C1c2ccc(C(F)(F)F)cc2C(=O)N1CCC(F)(F)F. The summed E-state index contributed by atoms with van der Waals surface area (Å²) in [4.78, 5) is 23.8. The van der Waals surface area contributed by atoms with Crippen molar-refractivity contribution in [1.82, 2.24) is 4.90 Å². The van der Waals surface area contributed by atoms with Crippen LogP contribution in [-0.2, 0) is 6.18 Å². The highest BCUT2D eigenvalue weighted by atomic mass is 19.4. The molecule has 0 aromatic heterocycles. The quantitative estimate of drug-likeness (QED) is 0.621. The molecule has 0 radical (unpaired) electrons. The predicted octanol–water partition coefficient (Wildman–Crippen LogP) is 3.25. The van der Waals surface area contributed by atoms with Gasteiger partial charge < -0.3 is 0 Å². The molecular weight excluding hydrogens is 304 g/mol. The summed E-state index contributed by atoms with van der Waals surface area (Å²) < 4.78 is 73.9. The van der Waals surface area contributed by atoms with Gasteiger partial charge in [-0.3, -0.25) is 14.5 Å². The molecule has 0 aliphatic carbocycles. The van der Waals surface area contributed by atoms with Crippen molar-refractivity contribution in [2.24, 2.45) is 0 Å². The van der Waals surface area contributed by atoms with Crippen molar-refractivity contribution in [3.8, 4) is 0 Å². The number of alkyl halides is 6. The lowest BCUT2D eigenvalue weighted by Gasteiger charge is -2.14. The van der Waals surface area contributed by atoms with Crippen molar-refractivity contribution in [2.45, 2.75) is 18.8 Å². The van der Waals surface area contributed by atoms with E-state index in [-0.39, 0.29) is 5.56 Å². The highest BCUT2D eigenvalue weighted by Crippen LogP contribution is 2.33. The van der Waals surface area contributed by atoms with E-state index in [0.717, 1.165) is 6.07 Å². The molecule has 0 saturated heterocycles. The standard InChI is InChI=1S/C12H7F6NO2/c13-11(14,15)3-4-19-9(20)7-2-1-6(12(16,17)18)5-8(7)10(19)21/h1-2,5H,3-4H2. The molecule has 9 heteroatoms. The number of nitrogens with zero attached hydrogens (tertiary/aromatic N) is 1. The van der Waals surface area contributed by atoms with Crippen LogP contribution in [0.4, 0.5) is 26.3 Å². The number of amides is 2. The van der Waals surface area contributed by atoms with E-state index in [1.807, 2.05) is 0 Å². The molecule has 114 valence electrons. The highest BCUT2D eigenvalue weighted by Gasteiger charge is 2.40. The molecule has 0 N–H and O–H groups in total. The molecule has 0 unspecified atom stereocenters. The summed E-state index contributed by atoms with van der Waals surface area (Å²) in [6.45, 7) is -0.919. The predicted molar refractivity (Wildman–Crippen MR) is 57.5 cm³/mol. The average molecular weight is 311 g/mol. The minimum Gasteiger partial charge on any atom is -0.274 e. The largest absolute Gasteiger partial charge is 0.416 e. The van der Waals surface area contributed by atoms with Crippen LogP contribution in [0.5, 0.6) is 0 Å². The summed E-state index contributed by atoms with van der Waals surface area (Å²) in [5.74, 6) is -2.17. The van der Waals surface area contributed by atoms with Crippen LogP contribution in [-0.4, -0.2) is 29.4 Å². The first-order valence-corrected chi connectivity index (χ1v) is 5.65. The normalized spacial score (nSPS) is 15.6. The topological polar surface area (TPSA) is 37.4 Å². The molecule has 21 heavy (non-hydrogen) atoms. The van der Waals surface area contributed by atoms with Gasteiger partial charge in [0.2, 0.25) is 0 Å². The Morgan fingerprint density at radius 2 is 1.48 bits per heavy atom. The first-order chi connectivity index (χ1) is 9.50. The zero-order valence-electron chi connectivity index (χ0n) is 10.2. The number of carbonyl (C=O) groups excluding carboxylic acids is 2. The van der Waals surface area contributed by atoms with Crippen LogP contribution in [0.2, 0.25) is 0 Å². The second-order valence-corrected chi connectivity index (χ2v) is 4.39. The zero-order chi connectivity index (χ0) is 16.0. The van der Waals surface area contributed by atoms with E-state index in [4.69, 9.17) is 0 Å². The number of rotatable bonds is 2. The maximum atomic E-state index is 12.5. The third kappa shape index (κ3) is 3.01. The van der Waals surface area contributed by atoms with Gasteiger partial charge in [-0.25, -0.2) is 0 Å². The smallest absolute Gasteiger partial charge is 0.274 e. The summed E-state index contributed by atoms with van der Waals surface area (Å²) >= 11 is 0. The molecule has 2 amide bonds. The Morgan fingerprint density at radius 3 is 2.00 bits per heavy atom. The molecule has 0 fully saturated rings. The van der Waals surface area contributed by atoms with Crippen molar-refractivity contribution in [3.05, 3.63) is 34.9 Å². The van der Waals surface area contributed by atoms with E-state index in [1.54, 1.807) is 0 Å². The second kappa shape index (κ2) is 4.74. The van der Waals surface area contributed by atoms with E-state index >= 15 is 0 Å². The van der Waals surface area contributed by atoms with E-state index in [9.17, 15) is 35.9 Å². The molecule has 1 aliphatic heterocycles. The van der Waals surface area contributed by atoms with Crippen LogP contribution in [0.15, 0.2) is 18.2 Å². The molecule has 1 aromatic rings. The number of hydrogen-bond acceptors (Lipinski definition) is 2. The van der Waals surface area contributed by atoms with Crippen molar-refractivity contribution in [1.29, 1.82) is 0 Å². The number of imide groups is 1. The van der Waals surface area contributed by atoms with E-state index in [1.165, 1.54) is 0 Å². The van der Waals surface area contributed by atoms with Crippen LogP contribution in [0.3, 0.4) is 0 Å². The summed E-state index contributed by atoms with van der Waals surface area (Å²) in [5.41, 5.74) is -1.99. The molecular formula is C12H7F6NO2. The monoisotopic (exact) mass is 311 g/mol. The fourth-order valence-electron chi connectivity index (χ4n) is 1.91. The van der Waals surface area contributed by atoms with Gasteiger partial charge in [-0.2, -0.15) is 26.3 Å². The van der Waals surface area contributed by atoms with Crippen molar-refractivity contribution in [2.75, 3.05) is 6.54 Å². The number of fused-ring (bicyclic) bond motifs is 1. The van der Waals surface area contributed by atoms with E-state index in [2.05, 4.69) is 0 Å². The molecule has 1 aromatic carbocycles. The fourth-order valence-corrected chi connectivity index (χ4v) is 1.91. The maximum Gasteiger partial charge on any atom is 0.416 e. The average Bonchev–Trinajstić information content (AvgIpc) is 2.57. The van der Waals surface area contributed by atoms with Gasteiger partial charge in [-0.15, -0.1) is 0 Å². The van der Waals surface area contributed by atoms with E-state index < -0.39 is 48.3 Å². The first kappa shape index (κ1) is 15.3. The lowest BCUT2D eigenvalue weighted by molar-refractivity contribution is -0.137. The number of hydrogen-bond donors (Lipinski definition) is 0. The van der Waals surface area contributed by atoms with Gasteiger partial charge in [-0.1, -0.05) is 0 Å². The maximum absolute atomic E-state index is 12.5. The Kier molecular flexibility index (Phi) is 3.46. The molecule has 1 heterocycles. The van der Waals surface area contributed by atoms with Crippen LogP contribution in [0.1, 0.15) is 32.7 Å². The summed E-state index contributed by atoms with van der Waals surface area (Å²) in [7, 11) is 0. The Hall–Kier alpha value is -2.06. The van der Waals surface area contributed by atoms with Gasteiger partial charge >= 0.3 is 12.4 Å². The lowest BCUT2D eigenvalue weighted by atomic mass is 10.1. The third-order valence-electron chi connectivity index (χ3n) is 2.92. The van der Waals surface area contributed by atoms with E-state index in [0.29, 0.717) is 17.0 Å². The Bertz CT molecular complexity index is 605. The Labute approximate surface area is 114 Å². The minimum absolute atomic E-state index is 0.304.